The fraction of sp³-hybridized carbons (Fsp3) is 0.938. The fourth-order valence-electron chi connectivity index (χ4n) is 3.30. The van der Waals surface area contributed by atoms with Crippen LogP contribution in [0.2, 0.25) is 0 Å². The Hall–Kier alpha value is -0.180. The van der Waals surface area contributed by atoms with Gasteiger partial charge in [-0.2, -0.15) is 12.6 Å². The minimum absolute atomic E-state index is 0.232. The first-order chi connectivity index (χ1) is 9.06. The van der Waals surface area contributed by atoms with Crippen molar-refractivity contribution in [3.8, 4) is 0 Å². The van der Waals surface area contributed by atoms with Gasteiger partial charge in [0.25, 0.3) is 0 Å². The maximum Gasteiger partial charge on any atom is 0.222 e. The molecule has 1 saturated heterocycles. The molecule has 0 spiro atoms. The van der Waals surface area contributed by atoms with Gasteiger partial charge in [0.05, 0.1) is 0 Å². The number of carbonyl (C=O) groups is 1. The first-order valence-corrected chi connectivity index (χ1v) is 8.58. The van der Waals surface area contributed by atoms with Crippen molar-refractivity contribution in [2.75, 3.05) is 18.8 Å². The van der Waals surface area contributed by atoms with Crippen LogP contribution in [0.5, 0.6) is 0 Å². The molecule has 1 aliphatic rings. The molecule has 0 bridgehead atoms. The molecule has 0 N–H and O–H groups in total. The Morgan fingerprint density at radius 1 is 1.26 bits per heavy atom. The summed E-state index contributed by atoms with van der Waals surface area (Å²) in [5, 5.41) is 0. The van der Waals surface area contributed by atoms with Gasteiger partial charge in [-0.3, -0.25) is 4.79 Å². The number of nitrogens with zero attached hydrogens (tertiary/aromatic N) is 1. The highest BCUT2D eigenvalue weighted by atomic mass is 32.1. The van der Waals surface area contributed by atoms with Crippen molar-refractivity contribution >= 4 is 18.5 Å². The van der Waals surface area contributed by atoms with Crippen molar-refractivity contribution in [2.24, 2.45) is 11.3 Å². The maximum atomic E-state index is 12.3. The van der Waals surface area contributed by atoms with E-state index in [0.29, 0.717) is 11.8 Å². The summed E-state index contributed by atoms with van der Waals surface area (Å²) in [5.74, 6) is 1.95. The van der Waals surface area contributed by atoms with Crippen molar-refractivity contribution in [3.63, 3.8) is 0 Å². The summed E-state index contributed by atoms with van der Waals surface area (Å²) in [7, 11) is 0. The second-order valence-electron chi connectivity index (χ2n) is 6.41. The summed E-state index contributed by atoms with van der Waals surface area (Å²) in [6, 6.07) is 0. The standard InChI is InChI=1S/C16H31NOS/c1-4-9-16(13-19,10-5-2)12-17-11-8-14(3)6-7-15(17)18/h14,19H,4-13H2,1-3H3. The quantitative estimate of drug-likeness (QED) is 0.697. The molecule has 0 radical (unpaired) electrons. The Balaban J connectivity index is 2.73. The molecule has 0 aromatic rings. The normalized spacial score (nSPS) is 21.6. The van der Waals surface area contributed by atoms with E-state index in [1.807, 2.05) is 0 Å². The number of rotatable bonds is 7. The van der Waals surface area contributed by atoms with E-state index in [1.165, 1.54) is 25.7 Å². The topological polar surface area (TPSA) is 20.3 Å². The molecule has 0 aromatic carbocycles. The van der Waals surface area contributed by atoms with E-state index in [0.717, 1.165) is 38.1 Å². The van der Waals surface area contributed by atoms with Gasteiger partial charge >= 0.3 is 0 Å². The van der Waals surface area contributed by atoms with Crippen LogP contribution in [0.4, 0.5) is 0 Å². The number of likely N-dealkylation sites (tertiary alicyclic amines) is 1. The molecule has 1 aliphatic heterocycles. The van der Waals surface area contributed by atoms with E-state index in [-0.39, 0.29) is 5.41 Å². The predicted molar refractivity (Wildman–Crippen MR) is 85.7 cm³/mol. The minimum atomic E-state index is 0.232. The third-order valence-electron chi connectivity index (χ3n) is 4.52. The van der Waals surface area contributed by atoms with Crippen molar-refractivity contribution < 1.29 is 4.79 Å². The van der Waals surface area contributed by atoms with Crippen molar-refractivity contribution in [1.29, 1.82) is 0 Å². The summed E-state index contributed by atoms with van der Waals surface area (Å²) < 4.78 is 0. The van der Waals surface area contributed by atoms with Crippen LogP contribution in [0.15, 0.2) is 0 Å². The second kappa shape index (κ2) is 8.18. The highest BCUT2D eigenvalue weighted by Gasteiger charge is 2.32. The molecule has 19 heavy (non-hydrogen) atoms. The lowest BCUT2D eigenvalue weighted by molar-refractivity contribution is -0.132. The second-order valence-corrected chi connectivity index (χ2v) is 6.72. The largest absolute Gasteiger partial charge is 0.342 e. The first-order valence-electron chi connectivity index (χ1n) is 7.95. The van der Waals surface area contributed by atoms with Crippen molar-refractivity contribution in [3.05, 3.63) is 0 Å². The molecule has 1 unspecified atom stereocenters. The van der Waals surface area contributed by atoms with Crippen molar-refractivity contribution in [1.82, 2.24) is 4.90 Å². The Morgan fingerprint density at radius 2 is 1.89 bits per heavy atom. The molecular formula is C16H31NOS. The molecule has 112 valence electrons. The number of hydrogen-bond acceptors (Lipinski definition) is 2. The molecule has 1 rings (SSSR count). The monoisotopic (exact) mass is 285 g/mol. The number of hydrogen-bond donors (Lipinski definition) is 1. The van der Waals surface area contributed by atoms with Gasteiger partial charge in [-0.15, -0.1) is 0 Å². The number of amides is 1. The first kappa shape index (κ1) is 16.9. The average Bonchev–Trinajstić information content (AvgIpc) is 2.54. The lowest BCUT2D eigenvalue weighted by Crippen LogP contribution is -2.42. The average molecular weight is 285 g/mol. The van der Waals surface area contributed by atoms with Gasteiger partial charge < -0.3 is 4.90 Å². The lowest BCUT2D eigenvalue weighted by Gasteiger charge is -2.37. The van der Waals surface area contributed by atoms with E-state index in [2.05, 4.69) is 38.3 Å². The van der Waals surface area contributed by atoms with Crippen LogP contribution in [0.1, 0.15) is 65.7 Å². The Labute approximate surface area is 124 Å². The smallest absolute Gasteiger partial charge is 0.222 e. The molecule has 0 aromatic heterocycles. The molecule has 1 amide bonds. The van der Waals surface area contributed by atoms with Crippen LogP contribution in [-0.2, 0) is 4.79 Å². The van der Waals surface area contributed by atoms with Crippen LogP contribution in [0.3, 0.4) is 0 Å². The van der Waals surface area contributed by atoms with E-state index in [1.54, 1.807) is 0 Å². The van der Waals surface area contributed by atoms with Gasteiger partial charge in [0.15, 0.2) is 0 Å². The van der Waals surface area contributed by atoms with Gasteiger partial charge in [-0.1, -0.05) is 33.6 Å². The van der Waals surface area contributed by atoms with Crippen LogP contribution in [0.25, 0.3) is 0 Å². The van der Waals surface area contributed by atoms with Crippen LogP contribution >= 0.6 is 12.6 Å². The van der Waals surface area contributed by atoms with Crippen LogP contribution < -0.4 is 0 Å². The van der Waals surface area contributed by atoms with Crippen LogP contribution in [-0.4, -0.2) is 29.6 Å². The summed E-state index contributed by atoms with van der Waals surface area (Å²) in [6.07, 6.45) is 7.69. The zero-order valence-electron chi connectivity index (χ0n) is 13.0. The number of thiol groups is 1. The van der Waals surface area contributed by atoms with Gasteiger partial charge in [-0.05, 0) is 42.8 Å². The maximum absolute atomic E-state index is 12.3. The van der Waals surface area contributed by atoms with E-state index < -0.39 is 0 Å². The molecule has 1 heterocycles. The SMILES string of the molecule is CCCC(CS)(CCC)CN1CCC(C)CCC1=O. The fourth-order valence-corrected chi connectivity index (χ4v) is 3.71. The molecule has 1 fully saturated rings. The van der Waals surface area contributed by atoms with E-state index >= 15 is 0 Å². The van der Waals surface area contributed by atoms with Gasteiger partial charge in [0.1, 0.15) is 0 Å². The van der Waals surface area contributed by atoms with Crippen LogP contribution in [0, 0.1) is 11.3 Å². The van der Waals surface area contributed by atoms with Gasteiger partial charge in [0.2, 0.25) is 5.91 Å². The third-order valence-corrected chi connectivity index (χ3v) is 5.19. The molecule has 2 nitrogen and oxygen atoms in total. The van der Waals surface area contributed by atoms with E-state index in [4.69, 9.17) is 0 Å². The summed E-state index contributed by atoms with van der Waals surface area (Å²) in [6.45, 7) is 8.60. The summed E-state index contributed by atoms with van der Waals surface area (Å²) in [4.78, 5) is 14.4. The summed E-state index contributed by atoms with van der Waals surface area (Å²) in [5.41, 5.74) is 0.232. The predicted octanol–water partition coefficient (Wildman–Crippen LogP) is 4.15. The third kappa shape index (κ3) is 5.02. The Kier molecular flexibility index (Phi) is 7.27. The highest BCUT2D eigenvalue weighted by Crippen LogP contribution is 2.33. The highest BCUT2D eigenvalue weighted by molar-refractivity contribution is 7.80. The molecular weight excluding hydrogens is 254 g/mol. The summed E-state index contributed by atoms with van der Waals surface area (Å²) >= 11 is 4.61. The Morgan fingerprint density at radius 3 is 2.42 bits per heavy atom. The zero-order valence-corrected chi connectivity index (χ0v) is 13.8. The lowest BCUT2D eigenvalue weighted by atomic mass is 9.80. The van der Waals surface area contributed by atoms with E-state index in [9.17, 15) is 4.79 Å². The molecule has 1 atom stereocenters. The minimum Gasteiger partial charge on any atom is -0.342 e. The molecule has 3 heteroatoms. The molecule has 0 aliphatic carbocycles. The van der Waals surface area contributed by atoms with Gasteiger partial charge in [-0.25, -0.2) is 0 Å². The number of carbonyl (C=O) groups excluding carboxylic acids is 1. The van der Waals surface area contributed by atoms with Crippen molar-refractivity contribution in [2.45, 2.75) is 65.7 Å². The molecule has 0 saturated carbocycles. The van der Waals surface area contributed by atoms with Gasteiger partial charge in [0, 0.05) is 19.5 Å². The zero-order chi connectivity index (χ0) is 14.3. The Bertz CT molecular complexity index is 274.